The summed E-state index contributed by atoms with van der Waals surface area (Å²) in [4.78, 5) is 38.8. The standard InChI is InChI=1S/C21H22BrFN6O2/c1-12-20(30)27-16-10-13(9-14(22)18(16)25-12)11-28-5-7-29(8-6-28)17-4-3-15(21(31)24-2)26-19(17)23/h3-4,9-10H,5-8,11H2,1-2H3,(H,24,31)(H,27,30). The number of carbonyl (C=O) groups excluding carboxylic acids is 1. The van der Waals surface area contributed by atoms with Crippen LogP contribution in [0.5, 0.6) is 0 Å². The average molecular weight is 489 g/mol. The molecule has 0 radical (unpaired) electrons. The number of carbonyl (C=O) groups is 1. The Morgan fingerprint density at radius 1 is 1.23 bits per heavy atom. The van der Waals surface area contributed by atoms with Gasteiger partial charge in [0.15, 0.2) is 0 Å². The highest BCUT2D eigenvalue weighted by Crippen LogP contribution is 2.25. The first kappa shape index (κ1) is 21.4. The van der Waals surface area contributed by atoms with E-state index < -0.39 is 11.9 Å². The van der Waals surface area contributed by atoms with Gasteiger partial charge in [-0.2, -0.15) is 4.39 Å². The van der Waals surface area contributed by atoms with E-state index >= 15 is 0 Å². The lowest BCUT2D eigenvalue weighted by atomic mass is 10.1. The summed E-state index contributed by atoms with van der Waals surface area (Å²) in [5, 5.41) is 2.44. The monoisotopic (exact) mass is 488 g/mol. The van der Waals surface area contributed by atoms with Crippen molar-refractivity contribution < 1.29 is 9.18 Å². The molecule has 0 saturated carbocycles. The van der Waals surface area contributed by atoms with Gasteiger partial charge in [0.1, 0.15) is 16.9 Å². The van der Waals surface area contributed by atoms with E-state index in [-0.39, 0.29) is 11.3 Å². The number of amides is 1. The van der Waals surface area contributed by atoms with Gasteiger partial charge >= 0.3 is 0 Å². The third kappa shape index (κ3) is 4.45. The number of hydrogen-bond donors (Lipinski definition) is 2. The summed E-state index contributed by atoms with van der Waals surface area (Å²) in [5.41, 5.74) is 3.19. The maximum absolute atomic E-state index is 14.4. The number of nitrogens with one attached hydrogen (secondary N) is 2. The number of aromatic nitrogens is 3. The second kappa shape index (κ2) is 8.72. The van der Waals surface area contributed by atoms with Gasteiger partial charge in [0, 0.05) is 44.2 Å². The van der Waals surface area contributed by atoms with Gasteiger partial charge in [-0.1, -0.05) is 0 Å². The van der Waals surface area contributed by atoms with E-state index in [0.717, 1.165) is 28.6 Å². The molecule has 162 valence electrons. The summed E-state index contributed by atoms with van der Waals surface area (Å²) < 4.78 is 15.3. The Bertz CT molecular complexity index is 1210. The molecule has 0 bridgehead atoms. The Hall–Kier alpha value is -2.85. The van der Waals surface area contributed by atoms with Gasteiger partial charge in [-0.15, -0.1) is 0 Å². The van der Waals surface area contributed by atoms with E-state index in [9.17, 15) is 14.0 Å². The minimum atomic E-state index is -0.639. The molecule has 3 aromatic rings. The van der Waals surface area contributed by atoms with Crippen LogP contribution in [0.3, 0.4) is 0 Å². The van der Waals surface area contributed by atoms with E-state index in [1.165, 1.54) is 13.1 Å². The van der Waals surface area contributed by atoms with Crippen LogP contribution in [0.4, 0.5) is 10.1 Å². The van der Waals surface area contributed by atoms with E-state index in [1.54, 1.807) is 13.0 Å². The number of fused-ring (bicyclic) bond motifs is 1. The minimum Gasteiger partial charge on any atom is -0.365 e. The maximum Gasteiger partial charge on any atom is 0.269 e. The molecular formula is C21H22BrFN6O2. The van der Waals surface area contributed by atoms with Crippen LogP contribution in [0, 0.1) is 12.9 Å². The molecule has 2 aromatic heterocycles. The van der Waals surface area contributed by atoms with Crippen molar-refractivity contribution in [1.82, 2.24) is 25.2 Å². The number of nitrogens with zero attached hydrogens (tertiary/aromatic N) is 4. The van der Waals surface area contributed by atoms with Crippen molar-refractivity contribution in [3.8, 4) is 0 Å². The SMILES string of the molecule is CNC(=O)c1ccc(N2CCN(Cc3cc(Br)c4nc(C)c(=O)[nH]c4c3)CC2)c(F)n1. The number of halogens is 2. The van der Waals surface area contributed by atoms with Gasteiger partial charge in [-0.3, -0.25) is 14.5 Å². The number of piperazine rings is 1. The second-order valence-corrected chi connectivity index (χ2v) is 8.33. The van der Waals surface area contributed by atoms with Crippen molar-refractivity contribution >= 4 is 38.6 Å². The zero-order valence-electron chi connectivity index (χ0n) is 17.2. The highest BCUT2D eigenvalue weighted by molar-refractivity contribution is 9.10. The number of H-pyrrole nitrogens is 1. The molecule has 0 aliphatic carbocycles. The number of aromatic amines is 1. The summed E-state index contributed by atoms with van der Waals surface area (Å²) in [7, 11) is 1.48. The summed E-state index contributed by atoms with van der Waals surface area (Å²) >= 11 is 3.55. The van der Waals surface area contributed by atoms with E-state index in [0.29, 0.717) is 36.5 Å². The second-order valence-electron chi connectivity index (χ2n) is 7.47. The van der Waals surface area contributed by atoms with Gasteiger partial charge in [0.05, 0.1) is 11.2 Å². The lowest BCUT2D eigenvalue weighted by Crippen LogP contribution is -2.46. The normalized spacial score (nSPS) is 14.8. The number of hydrogen-bond acceptors (Lipinski definition) is 6. The number of rotatable bonds is 4. The van der Waals surface area contributed by atoms with Crippen LogP contribution >= 0.6 is 15.9 Å². The van der Waals surface area contributed by atoms with E-state index in [4.69, 9.17) is 0 Å². The Kier molecular flexibility index (Phi) is 6.01. The number of pyridine rings is 1. The molecule has 1 fully saturated rings. The first-order valence-electron chi connectivity index (χ1n) is 9.90. The van der Waals surface area contributed by atoms with Crippen molar-refractivity contribution in [3.63, 3.8) is 0 Å². The van der Waals surface area contributed by atoms with E-state index in [2.05, 4.69) is 41.1 Å². The third-order valence-corrected chi connectivity index (χ3v) is 5.99. The Morgan fingerprint density at radius 3 is 2.65 bits per heavy atom. The summed E-state index contributed by atoms with van der Waals surface area (Å²) in [6.45, 7) is 5.16. The van der Waals surface area contributed by atoms with Crippen LogP contribution in [-0.2, 0) is 6.54 Å². The molecule has 31 heavy (non-hydrogen) atoms. The summed E-state index contributed by atoms with van der Waals surface area (Å²) in [5.74, 6) is -1.05. The van der Waals surface area contributed by atoms with Crippen LogP contribution in [0.15, 0.2) is 33.5 Å². The fraction of sp³-hybridized carbons (Fsp3) is 0.333. The van der Waals surface area contributed by atoms with Crippen LogP contribution < -0.4 is 15.8 Å². The zero-order chi connectivity index (χ0) is 22.1. The Balaban J connectivity index is 1.44. The van der Waals surface area contributed by atoms with Crippen LogP contribution in [-0.4, -0.2) is 59.0 Å². The number of anilines is 1. The van der Waals surface area contributed by atoms with Crippen LogP contribution in [0.1, 0.15) is 21.7 Å². The molecule has 1 aliphatic rings. The lowest BCUT2D eigenvalue weighted by molar-refractivity contribution is 0.0957. The summed E-state index contributed by atoms with van der Waals surface area (Å²) in [6.07, 6.45) is 0. The molecule has 0 atom stereocenters. The van der Waals surface area contributed by atoms with E-state index in [1.807, 2.05) is 17.0 Å². The molecular weight excluding hydrogens is 467 g/mol. The molecule has 1 aromatic carbocycles. The Labute approximate surface area is 186 Å². The predicted octanol–water partition coefficient (Wildman–Crippen LogP) is 2.21. The van der Waals surface area contributed by atoms with Crippen molar-refractivity contribution in [2.75, 3.05) is 38.1 Å². The highest BCUT2D eigenvalue weighted by atomic mass is 79.9. The molecule has 4 rings (SSSR count). The van der Waals surface area contributed by atoms with Gasteiger partial charge in [-0.25, -0.2) is 9.97 Å². The topological polar surface area (TPSA) is 94.2 Å². The molecule has 3 heterocycles. The Morgan fingerprint density at radius 2 is 1.97 bits per heavy atom. The zero-order valence-corrected chi connectivity index (χ0v) is 18.8. The molecule has 2 N–H and O–H groups in total. The smallest absolute Gasteiger partial charge is 0.269 e. The van der Waals surface area contributed by atoms with Crippen molar-refractivity contribution in [1.29, 1.82) is 0 Å². The molecule has 8 nitrogen and oxygen atoms in total. The highest BCUT2D eigenvalue weighted by Gasteiger charge is 2.21. The molecule has 1 saturated heterocycles. The van der Waals surface area contributed by atoms with Gasteiger partial charge in [0.2, 0.25) is 5.95 Å². The summed E-state index contributed by atoms with van der Waals surface area (Å²) in [6, 6.07) is 7.10. The first-order valence-corrected chi connectivity index (χ1v) is 10.7. The molecule has 1 aliphatic heterocycles. The van der Waals surface area contributed by atoms with Crippen molar-refractivity contribution in [2.24, 2.45) is 0 Å². The van der Waals surface area contributed by atoms with Crippen molar-refractivity contribution in [3.05, 3.63) is 62.0 Å². The lowest BCUT2D eigenvalue weighted by Gasteiger charge is -2.36. The molecule has 10 heteroatoms. The minimum absolute atomic E-state index is 0.0620. The quantitative estimate of drug-likeness (QED) is 0.546. The molecule has 0 spiro atoms. The van der Waals surface area contributed by atoms with Crippen molar-refractivity contribution in [2.45, 2.75) is 13.5 Å². The number of aryl methyl sites for hydroxylation is 1. The average Bonchev–Trinajstić information content (AvgIpc) is 2.75. The number of benzene rings is 1. The van der Waals surface area contributed by atoms with Gasteiger partial charge in [-0.05, 0) is 52.7 Å². The first-order chi connectivity index (χ1) is 14.9. The predicted molar refractivity (Wildman–Crippen MR) is 120 cm³/mol. The van der Waals surface area contributed by atoms with Crippen LogP contribution in [0.2, 0.25) is 0 Å². The fourth-order valence-corrected chi connectivity index (χ4v) is 4.31. The maximum atomic E-state index is 14.4. The molecule has 0 unspecified atom stereocenters. The van der Waals surface area contributed by atoms with Gasteiger partial charge < -0.3 is 15.2 Å². The fourth-order valence-electron chi connectivity index (χ4n) is 3.71. The largest absolute Gasteiger partial charge is 0.365 e. The van der Waals surface area contributed by atoms with Gasteiger partial charge in [0.25, 0.3) is 11.5 Å². The van der Waals surface area contributed by atoms with Crippen LogP contribution in [0.25, 0.3) is 11.0 Å². The molecule has 1 amide bonds. The third-order valence-electron chi connectivity index (χ3n) is 5.39.